The van der Waals surface area contributed by atoms with Gasteiger partial charge < -0.3 is 15.0 Å². The van der Waals surface area contributed by atoms with Crippen molar-refractivity contribution in [1.82, 2.24) is 4.31 Å². The van der Waals surface area contributed by atoms with Gasteiger partial charge in [-0.25, -0.2) is 12.8 Å². The fourth-order valence-electron chi connectivity index (χ4n) is 3.41. The van der Waals surface area contributed by atoms with E-state index in [-0.39, 0.29) is 16.6 Å². The number of hydrogen-bond donors (Lipinski definition) is 2. The van der Waals surface area contributed by atoms with Gasteiger partial charge in [0.25, 0.3) is 0 Å². The Morgan fingerprint density at radius 3 is 2.52 bits per heavy atom. The average molecular weight is 423 g/mol. The van der Waals surface area contributed by atoms with Gasteiger partial charge >= 0.3 is 0 Å². The summed E-state index contributed by atoms with van der Waals surface area (Å²) in [5, 5.41) is 2.59. The number of nitrogens with zero attached hydrogens (tertiary/aromatic N) is 1. The normalized spacial score (nSPS) is 15.8. The smallest absolute Gasteiger partial charge is 0.243 e. The fourth-order valence-corrected chi connectivity index (χ4v) is 4.88. The van der Waals surface area contributed by atoms with Gasteiger partial charge in [-0.05, 0) is 24.3 Å². The third kappa shape index (κ3) is 4.92. The number of carbonyl (C=O) groups is 1. The van der Waals surface area contributed by atoms with Crippen molar-refractivity contribution in [3.05, 3.63) is 53.8 Å². The van der Waals surface area contributed by atoms with E-state index in [0.29, 0.717) is 49.7 Å². The third-order valence-corrected chi connectivity index (χ3v) is 6.84. The predicted octanol–water partition coefficient (Wildman–Crippen LogP) is 0.882. The quantitative estimate of drug-likeness (QED) is 0.725. The lowest BCUT2D eigenvalue weighted by molar-refractivity contribution is -0.917. The van der Waals surface area contributed by atoms with Crippen molar-refractivity contribution in [3.63, 3.8) is 0 Å². The second-order valence-electron chi connectivity index (χ2n) is 6.97. The monoisotopic (exact) mass is 422 g/mol. The summed E-state index contributed by atoms with van der Waals surface area (Å²) in [6.07, 6.45) is 0. The van der Waals surface area contributed by atoms with E-state index >= 15 is 0 Å². The Morgan fingerprint density at radius 2 is 1.90 bits per heavy atom. The first-order valence-electron chi connectivity index (χ1n) is 9.34. The van der Waals surface area contributed by atoms with Crippen molar-refractivity contribution in [2.45, 2.75) is 18.4 Å². The molecule has 1 saturated heterocycles. The molecule has 3 rings (SSSR count). The van der Waals surface area contributed by atoms with Crippen LogP contribution in [0.25, 0.3) is 0 Å². The lowest BCUT2D eigenvalue weighted by atomic mass is 10.2. The summed E-state index contributed by atoms with van der Waals surface area (Å²) in [7, 11) is -2.26. The summed E-state index contributed by atoms with van der Waals surface area (Å²) < 4.78 is 46.6. The number of anilines is 1. The molecule has 2 N–H and O–H groups in total. The summed E-state index contributed by atoms with van der Waals surface area (Å²) in [6.45, 7) is 3.72. The van der Waals surface area contributed by atoms with Crippen molar-refractivity contribution in [3.8, 4) is 5.75 Å². The molecule has 7 nitrogen and oxygen atoms in total. The number of amides is 1. The average Bonchev–Trinajstić information content (AvgIpc) is 2.69. The first-order chi connectivity index (χ1) is 13.8. The Balaban J connectivity index is 1.71. The number of nitrogens with one attached hydrogen (secondary N) is 2. The van der Waals surface area contributed by atoms with Gasteiger partial charge in [-0.2, -0.15) is 4.31 Å². The largest absolute Gasteiger partial charge is 0.495 e. The Bertz CT molecular complexity index is 989. The molecule has 0 saturated carbocycles. The van der Waals surface area contributed by atoms with Crippen LogP contribution >= 0.6 is 0 Å². The van der Waals surface area contributed by atoms with Gasteiger partial charge in [0, 0.05) is 12.5 Å². The van der Waals surface area contributed by atoms with Crippen molar-refractivity contribution in [2.75, 3.05) is 38.6 Å². The van der Waals surface area contributed by atoms with Crippen LogP contribution in [0.15, 0.2) is 47.4 Å². The van der Waals surface area contributed by atoms with E-state index in [2.05, 4.69) is 5.32 Å². The Morgan fingerprint density at radius 1 is 1.21 bits per heavy atom. The molecule has 29 heavy (non-hydrogen) atoms. The summed E-state index contributed by atoms with van der Waals surface area (Å²) in [6, 6.07) is 11.1. The molecule has 1 aliphatic rings. The van der Waals surface area contributed by atoms with Crippen LogP contribution in [-0.4, -0.2) is 51.9 Å². The highest BCUT2D eigenvalue weighted by Gasteiger charge is 2.31. The molecule has 0 unspecified atom stereocenters. The number of quaternary nitrogens is 1. The van der Waals surface area contributed by atoms with Crippen LogP contribution in [0.3, 0.4) is 0 Å². The van der Waals surface area contributed by atoms with Gasteiger partial charge in [0.05, 0.1) is 43.9 Å². The summed E-state index contributed by atoms with van der Waals surface area (Å²) in [5.41, 5.74) is 0.943. The standard InChI is InChI=1S/C20H24FN3O4S/c1-15(25)22-19-13-17(7-8-20(19)28-2)29(26,27)24-11-9-23(10-12-24)14-16-5-3-4-6-18(16)21/h3-8,13H,9-12,14H2,1-2H3,(H,22,25)/p+1. The Labute approximate surface area is 170 Å². The molecule has 9 heteroatoms. The number of ether oxygens (including phenoxy) is 1. The molecule has 0 spiro atoms. The zero-order valence-electron chi connectivity index (χ0n) is 16.4. The zero-order valence-corrected chi connectivity index (χ0v) is 17.3. The lowest BCUT2D eigenvalue weighted by Gasteiger charge is -2.31. The minimum absolute atomic E-state index is 0.0969. The van der Waals surface area contributed by atoms with Gasteiger partial charge in [-0.1, -0.05) is 18.2 Å². The van der Waals surface area contributed by atoms with Gasteiger partial charge in [-0.15, -0.1) is 0 Å². The number of halogens is 1. The van der Waals surface area contributed by atoms with Gasteiger partial charge in [-0.3, -0.25) is 4.79 Å². The van der Waals surface area contributed by atoms with E-state index in [1.54, 1.807) is 18.2 Å². The second kappa shape index (κ2) is 8.89. The maximum Gasteiger partial charge on any atom is 0.243 e. The van der Waals surface area contributed by atoms with Crippen molar-refractivity contribution in [2.24, 2.45) is 0 Å². The van der Waals surface area contributed by atoms with Crippen molar-refractivity contribution in [1.29, 1.82) is 0 Å². The number of hydrogen-bond acceptors (Lipinski definition) is 4. The highest BCUT2D eigenvalue weighted by molar-refractivity contribution is 7.89. The minimum atomic E-state index is -3.71. The number of benzene rings is 2. The van der Waals surface area contributed by atoms with Crippen LogP contribution < -0.4 is 15.0 Å². The molecule has 0 bridgehead atoms. The molecule has 2 aromatic carbocycles. The van der Waals surface area contributed by atoms with E-state index in [1.165, 1.54) is 42.6 Å². The van der Waals surface area contributed by atoms with Crippen molar-refractivity contribution < 1.29 is 27.2 Å². The van der Waals surface area contributed by atoms with E-state index < -0.39 is 10.0 Å². The highest BCUT2D eigenvalue weighted by Crippen LogP contribution is 2.29. The van der Waals surface area contributed by atoms with E-state index in [9.17, 15) is 17.6 Å². The lowest BCUT2D eigenvalue weighted by Crippen LogP contribution is -3.13. The molecule has 156 valence electrons. The summed E-state index contributed by atoms with van der Waals surface area (Å²) in [4.78, 5) is 12.6. The predicted molar refractivity (Wildman–Crippen MR) is 107 cm³/mol. The first-order valence-corrected chi connectivity index (χ1v) is 10.8. The first kappa shape index (κ1) is 21.2. The van der Waals surface area contributed by atoms with Crippen LogP contribution in [0.4, 0.5) is 10.1 Å². The minimum Gasteiger partial charge on any atom is -0.495 e. The molecule has 0 aromatic heterocycles. The molecule has 2 aromatic rings. The maximum absolute atomic E-state index is 13.9. The molecule has 0 radical (unpaired) electrons. The van der Waals surface area contributed by atoms with E-state index in [1.807, 2.05) is 0 Å². The molecule has 1 fully saturated rings. The number of carbonyl (C=O) groups excluding carboxylic acids is 1. The molecule has 1 aliphatic heterocycles. The second-order valence-corrected chi connectivity index (χ2v) is 8.90. The highest BCUT2D eigenvalue weighted by atomic mass is 32.2. The molecule has 1 amide bonds. The Kier molecular flexibility index (Phi) is 6.51. The molecule has 0 atom stereocenters. The van der Waals surface area contributed by atoms with Crippen LogP contribution in [0.2, 0.25) is 0 Å². The number of sulfonamides is 1. The van der Waals surface area contributed by atoms with Gasteiger partial charge in [0.1, 0.15) is 18.1 Å². The number of piperazine rings is 1. The zero-order chi connectivity index (χ0) is 21.0. The topological polar surface area (TPSA) is 80.2 Å². The SMILES string of the molecule is COc1ccc(S(=O)(=O)N2CC[NH+](Cc3ccccc3F)CC2)cc1NC(C)=O. The van der Waals surface area contributed by atoms with Crippen LogP contribution in [0.5, 0.6) is 5.75 Å². The number of rotatable bonds is 6. The third-order valence-electron chi connectivity index (χ3n) is 4.95. The fraction of sp³-hybridized carbons (Fsp3) is 0.350. The van der Waals surface area contributed by atoms with Gasteiger partial charge in [0.2, 0.25) is 15.9 Å². The van der Waals surface area contributed by atoms with E-state index in [4.69, 9.17) is 4.74 Å². The van der Waals surface area contributed by atoms with Crippen LogP contribution in [0, 0.1) is 5.82 Å². The van der Waals surface area contributed by atoms with Crippen molar-refractivity contribution >= 4 is 21.6 Å². The summed E-state index contributed by atoms with van der Waals surface area (Å²) >= 11 is 0. The van der Waals surface area contributed by atoms with Crippen LogP contribution in [0.1, 0.15) is 12.5 Å². The van der Waals surface area contributed by atoms with E-state index in [0.717, 1.165) is 4.90 Å². The van der Waals surface area contributed by atoms with Crippen LogP contribution in [-0.2, 0) is 21.4 Å². The molecule has 1 heterocycles. The maximum atomic E-state index is 13.9. The molecule has 0 aliphatic carbocycles. The molecular formula is C20H25FN3O4S+. The Hall–Kier alpha value is -2.49. The number of methoxy groups -OCH3 is 1. The van der Waals surface area contributed by atoms with Gasteiger partial charge in [0.15, 0.2) is 0 Å². The molecular weight excluding hydrogens is 397 g/mol. The summed E-state index contributed by atoms with van der Waals surface area (Å²) in [5.74, 6) is -0.166.